The van der Waals surface area contributed by atoms with Crippen LogP contribution in [0.15, 0.2) is 35.3 Å². The fourth-order valence-electron chi connectivity index (χ4n) is 13.6. The lowest BCUT2D eigenvalue weighted by Crippen LogP contribution is -2.61. The molecule has 2 fully saturated rings. The zero-order chi connectivity index (χ0) is 94.9. The Balaban J connectivity index is 1.78. The first-order valence-electron chi connectivity index (χ1n) is 42.4. The number of amides is 16. The molecule has 2 heterocycles. The predicted molar refractivity (Wildman–Crippen MR) is 459 cm³/mol. The number of aliphatic imine (C=N–C) groups is 1. The number of rotatable bonds is 56. The van der Waals surface area contributed by atoms with Crippen molar-refractivity contribution in [2.45, 2.75) is 276 Å². The average Bonchev–Trinajstić information content (AvgIpc) is 1.75. The Morgan fingerprint density at radius 1 is 0.492 bits per heavy atom. The van der Waals surface area contributed by atoms with Gasteiger partial charge >= 0.3 is 17.9 Å². The van der Waals surface area contributed by atoms with Crippen molar-refractivity contribution >= 4 is 131 Å². The largest absolute Gasteiger partial charge is 0.481 e. The molecule has 0 saturated carbocycles. The van der Waals surface area contributed by atoms with Gasteiger partial charge in [0, 0.05) is 31.7 Å². The van der Waals surface area contributed by atoms with E-state index in [0.717, 1.165) is 18.2 Å². The number of guanidine groups is 1. The molecule has 1 aromatic rings. The van der Waals surface area contributed by atoms with Gasteiger partial charge in [0.1, 0.15) is 84.6 Å². The summed E-state index contributed by atoms with van der Waals surface area (Å²) in [4.78, 5) is 263. The molecule has 17 atom stereocenters. The molecule has 3 rings (SSSR count). The minimum absolute atomic E-state index is 0.0324. The number of nitrogens with one attached hydrogen (secondary N) is 16. The summed E-state index contributed by atoms with van der Waals surface area (Å²) in [5, 5.41) is 90.5. The van der Waals surface area contributed by atoms with E-state index in [2.05, 4.69) is 103 Å². The maximum Gasteiger partial charge on any atom is 0.326 e. The first-order valence-corrected chi connectivity index (χ1v) is 43.0. The van der Waals surface area contributed by atoms with Crippen molar-refractivity contribution in [1.29, 1.82) is 0 Å². The maximum absolute atomic E-state index is 14.6. The minimum Gasteiger partial charge on any atom is -0.481 e. The molecule has 0 radical (unpaired) electrons. The van der Waals surface area contributed by atoms with Crippen LogP contribution in [0.25, 0.3) is 0 Å². The summed E-state index contributed by atoms with van der Waals surface area (Å²) in [6, 6.07) is -13.3. The number of nitrogens with zero attached hydrogens (tertiary/aromatic N) is 2. The molecule has 0 aliphatic carbocycles. The van der Waals surface area contributed by atoms with Crippen molar-refractivity contribution in [1.82, 2.24) is 90.0 Å². The summed E-state index contributed by atoms with van der Waals surface area (Å²) in [6.45, 7) is 17.4. The summed E-state index contributed by atoms with van der Waals surface area (Å²) < 4.78 is 0. The van der Waals surface area contributed by atoms with E-state index in [4.69, 9.17) is 11.5 Å². The number of carbonyl (C=O) groups is 19. The zero-order valence-electron chi connectivity index (χ0n) is 73.6. The van der Waals surface area contributed by atoms with Gasteiger partial charge in [-0.2, -0.15) is 12.6 Å². The van der Waals surface area contributed by atoms with Crippen LogP contribution in [0.4, 0.5) is 0 Å². The Kier molecular flexibility index (Phi) is 47.7. The SMILES string of the molecule is CCC(C)[C@H](NC(=O)[C@H](CCC(=O)O)NC(=O)CNC(=O)[C@@H](NC(=O)[C@H](CC(C)C)NC(=O)[C@H](CC(C)C)NC(=O)[C@H](CC(C)C)NC(=O)[C@H](CC(C)C)NC(=O)[C@H](CS)NC(=O)[C@H](CO)NC(=O)[C@H](Cc1ccccc1)NC(=O)CNC(=O)[C@H](CCCN=C(N)N)NC(=O)[C@@H]1CCCN1)[C@@H](C)O)C(=O)N[C@@H](CC(=O)O)C(=O)N[C@@H](C)C(=O)N1CCC[C@H]1C(=O)O. The van der Waals surface area contributed by atoms with E-state index in [1.807, 2.05) is 0 Å². The van der Waals surface area contributed by atoms with Crippen molar-refractivity contribution in [2.24, 2.45) is 46.0 Å². The monoisotopic (exact) mass is 1800 g/mol. The van der Waals surface area contributed by atoms with Crippen molar-refractivity contribution in [3.8, 4) is 0 Å². The van der Waals surface area contributed by atoms with Crippen LogP contribution in [0.3, 0.4) is 0 Å². The Bertz CT molecular complexity index is 3920. The molecule has 706 valence electrons. The van der Waals surface area contributed by atoms with Crippen molar-refractivity contribution in [3.05, 3.63) is 35.9 Å². The highest BCUT2D eigenvalue weighted by Crippen LogP contribution is 2.21. The van der Waals surface area contributed by atoms with Crippen LogP contribution in [-0.2, 0) is 97.5 Å². The molecule has 0 bridgehead atoms. The second-order valence-corrected chi connectivity index (χ2v) is 33.6. The van der Waals surface area contributed by atoms with E-state index in [1.165, 1.54) is 13.8 Å². The number of carboxylic acids is 3. The Morgan fingerprint density at radius 3 is 1.40 bits per heavy atom. The molecule has 16 amide bonds. The number of aliphatic hydroxyl groups excluding tert-OH is 2. The van der Waals surface area contributed by atoms with Gasteiger partial charge in [-0.3, -0.25) is 91.3 Å². The molecule has 2 saturated heterocycles. The number of carboxylic acid groups (broad SMARTS) is 3. The molecule has 2 aliphatic heterocycles. The predicted octanol–water partition coefficient (Wildman–Crippen LogP) is -5.46. The van der Waals surface area contributed by atoms with Gasteiger partial charge in [-0.15, -0.1) is 0 Å². The molecular weight excluding hydrogens is 1670 g/mol. The quantitative estimate of drug-likeness (QED) is 0.0125. The van der Waals surface area contributed by atoms with Crippen LogP contribution in [0.2, 0.25) is 0 Å². The van der Waals surface area contributed by atoms with Crippen LogP contribution >= 0.6 is 12.6 Å². The molecule has 0 aromatic heterocycles. The van der Waals surface area contributed by atoms with Crippen LogP contribution in [0.1, 0.15) is 179 Å². The van der Waals surface area contributed by atoms with E-state index >= 15 is 0 Å². The van der Waals surface area contributed by atoms with Gasteiger partial charge in [0.15, 0.2) is 5.96 Å². The van der Waals surface area contributed by atoms with Gasteiger partial charge in [0.05, 0.1) is 38.3 Å². The summed E-state index contributed by atoms with van der Waals surface area (Å²) in [5.41, 5.74) is 11.4. The Hall–Kier alpha value is -11.3. The first kappa shape index (κ1) is 109. The van der Waals surface area contributed by atoms with Crippen LogP contribution in [0, 0.1) is 29.6 Å². The molecule has 2 aliphatic rings. The number of benzene rings is 1. The second kappa shape index (κ2) is 55.2. The minimum atomic E-state index is -1.87. The average molecular weight is 1800 g/mol. The fraction of sp³-hybridized carbons (Fsp3) is 0.679. The molecule has 126 heavy (non-hydrogen) atoms. The van der Waals surface area contributed by atoms with Gasteiger partial charge in [-0.1, -0.05) is 106 Å². The summed E-state index contributed by atoms with van der Waals surface area (Å²) in [6.07, 6.45) is -2.13. The topological polar surface area (TPSA) is 686 Å². The number of nitrogens with two attached hydrogens (primary N) is 2. The van der Waals surface area contributed by atoms with Gasteiger partial charge < -0.3 is 127 Å². The summed E-state index contributed by atoms with van der Waals surface area (Å²) >= 11 is 4.29. The number of hydrogen-bond acceptors (Lipinski definition) is 24. The molecule has 25 N–H and O–H groups in total. The normalized spacial score (nSPS) is 17.2. The van der Waals surface area contributed by atoms with Gasteiger partial charge in [-0.05, 0) is 126 Å². The summed E-state index contributed by atoms with van der Waals surface area (Å²) in [5.74, 6) is -22.1. The summed E-state index contributed by atoms with van der Waals surface area (Å²) in [7, 11) is 0. The van der Waals surface area contributed by atoms with Crippen LogP contribution in [0.5, 0.6) is 0 Å². The highest BCUT2D eigenvalue weighted by molar-refractivity contribution is 7.80. The van der Waals surface area contributed by atoms with Crippen LogP contribution in [-0.4, -0.2) is 291 Å². The fourth-order valence-corrected chi connectivity index (χ4v) is 13.9. The lowest BCUT2D eigenvalue weighted by Gasteiger charge is -2.29. The van der Waals surface area contributed by atoms with E-state index in [9.17, 15) is 117 Å². The number of aliphatic hydroxyl groups is 2. The molecule has 1 unspecified atom stereocenters. The lowest BCUT2D eigenvalue weighted by atomic mass is 9.97. The lowest BCUT2D eigenvalue weighted by molar-refractivity contribution is -0.149. The highest BCUT2D eigenvalue weighted by atomic mass is 32.1. The van der Waals surface area contributed by atoms with E-state index in [0.29, 0.717) is 24.9 Å². The van der Waals surface area contributed by atoms with Gasteiger partial charge in [0.25, 0.3) is 0 Å². The number of aliphatic carboxylic acids is 3. The number of carbonyl (C=O) groups excluding carboxylic acids is 16. The van der Waals surface area contributed by atoms with E-state index in [1.54, 1.807) is 92.6 Å². The third-order valence-corrected chi connectivity index (χ3v) is 20.8. The van der Waals surface area contributed by atoms with Gasteiger partial charge in [-0.25, -0.2) is 4.79 Å². The Labute approximate surface area is 737 Å². The molecule has 1 aromatic carbocycles. The van der Waals surface area contributed by atoms with Crippen molar-refractivity contribution < 1.29 is 117 Å². The van der Waals surface area contributed by atoms with E-state index in [-0.39, 0.29) is 101 Å². The van der Waals surface area contributed by atoms with E-state index < -0.39 is 260 Å². The van der Waals surface area contributed by atoms with Crippen molar-refractivity contribution in [2.75, 3.05) is 45.1 Å². The number of likely N-dealkylation sites (tertiary alicyclic amines) is 1. The molecule has 0 spiro atoms. The Morgan fingerprint density at radius 2 is 0.937 bits per heavy atom. The zero-order valence-corrected chi connectivity index (χ0v) is 74.5. The smallest absolute Gasteiger partial charge is 0.326 e. The third kappa shape index (κ3) is 39.0. The number of thiol groups is 1. The van der Waals surface area contributed by atoms with Crippen LogP contribution < -0.4 is 96.5 Å². The van der Waals surface area contributed by atoms with Crippen molar-refractivity contribution in [3.63, 3.8) is 0 Å². The van der Waals surface area contributed by atoms with Gasteiger partial charge in [0.2, 0.25) is 94.5 Å². The molecule has 44 nitrogen and oxygen atoms in total. The second-order valence-electron chi connectivity index (χ2n) is 33.2. The molecular formula is C81H132N20O24S. The first-order chi connectivity index (χ1) is 59.2. The third-order valence-electron chi connectivity index (χ3n) is 20.4. The maximum atomic E-state index is 14.6. The number of hydrogen-bond donors (Lipinski definition) is 24. The standard InChI is InChI=1S/C81H132N20O24S/c1-13-44(10)64(78(122)96-56(35-63(108)109)69(113)88-45(11)79(123)101-29-19-24-59(101)80(124)125)99-68(112)50(25-26-62(106)107)89-60(104)37-87-77(121)65(46(12)103)100-74(118)54(33-43(8)9)94-71(115)52(31-41(4)5)92-70(114)51(30-40(2)3)93-72(116)53(32-42(6)7)95-76(120)58(39-126)98-75(119)57(38-102)97-73(117)55(34-47-20-15-14-16-21-47)90-61(105)36-86-66(110)49(23-18-28-85-81(82)83)91-67(111)48-22-17-27-84-48/h14-16,20-21,40-46,48-59,64-65,84,102-103,126H,13,17-19,22-39H2,1-12H3,(H,86,110)(H,87,121)(H,88,113)(H,89,104)(H,90,105)(H,91,111)(H,92,114)(H,93,116)(H,94,115)(H,95,120)(H,96,122)(H,97,117)(H,98,119)(H,99,112)(H,100,118)(H,106,107)(H,108,109)(H,124,125)(H4,82,83,85)/t44?,45-,46+,48-,49-,50-,51-,52-,53-,54-,55-,56-,57-,58-,59-,64-,65-/m0/s1. The molecule has 45 heteroatoms. The highest BCUT2D eigenvalue weighted by Gasteiger charge is 2.42.